The lowest BCUT2D eigenvalue weighted by molar-refractivity contribution is -0.274. The third-order valence-electron chi connectivity index (χ3n) is 2.47. The molecule has 0 aliphatic rings. The van der Waals surface area contributed by atoms with Gasteiger partial charge < -0.3 is 20.3 Å². The molecule has 0 saturated heterocycles. The largest absolute Gasteiger partial charge is 0.573 e. The van der Waals surface area contributed by atoms with E-state index in [4.69, 9.17) is 10.8 Å². The van der Waals surface area contributed by atoms with Gasteiger partial charge in [-0.3, -0.25) is 0 Å². The van der Waals surface area contributed by atoms with E-state index in [1.54, 1.807) is 0 Å². The summed E-state index contributed by atoms with van der Waals surface area (Å²) in [6, 6.07) is 0.444. The van der Waals surface area contributed by atoms with E-state index >= 15 is 0 Å². The molecule has 1 aromatic rings. The fourth-order valence-electron chi connectivity index (χ4n) is 1.54. The van der Waals surface area contributed by atoms with Gasteiger partial charge in [0.05, 0.1) is 13.2 Å². The summed E-state index contributed by atoms with van der Waals surface area (Å²) in [5, 5.41) is 9.07. The number of methoxy groups -OCH3 is 1. The molecule has 22 heavy (non-hydrogen) atoms. The van der Waals surface area contributed by atoms with Crippen molar-refractivity contribution in [2.24, 2.45) is 5.73 Å². The van der Waals surface area contributed by atoms with Crippen LogP contribution in [0.4, 0.5) is 26.3 Å². The fourth-order valence-corrected chi connectivity index (χ4v) is 1.54. The summed E-state index contributed by atoms with van der Waals surface area (Å²) in [5.74, 6) is -1.05. The molecule has 0 aliphatic heterocycles. The van der Waals surface area contributed by atoms with Crippen LogP contribution in [-0.2, 0) is 0 Å². The molecule has 0 aromatic heterocycles. The van der Waals surface area contributed by atoms with E-state index in [1.807, 2.05) is 0 Å². The van der Waals surface area contributed by atoms with Crippen LogP contribution in [0, 0.1) is 0 Å². The molecule has 4 nitrogen and oxygen atoms in total. The molecule has 0 saturated carbocycles. The molecule has 128 valence electrons. The van der Waals surface area contributed by atoms with Gasteiger partial charge in [0.1, 0.15) is 11.5 Å². The van der Waals surface area contributed by atoms with Crippen molar-refractivity contribution in [3.8, 4) is 11.5 Å². The number of nitrogens with two attached hydrogens (primary N) is 1. The number of hydrogen-bond acceptors (Lipinski definition) is 4. The number of aliphatic hydroxyl groups is 1. The van der Waals surface area contributed by atoms with Crippen LogP contribution < -0.4 is 15.2 Å². The zero-order valence-electron chi connectivity index (χ0n) is 10.9. The van der Waals surface area contributed by atoms with Crippen molar-refractivity contribution in [3.05, 3.63) is 23.8 Å². The molecule has 0 fully saturated rings. The van der Waals surface area contributed by atoms with Gasteiger partial charge in [0.25, 0.3) is 0 Å². The summed E-state index contributed by atoms with van der Waals surface area (Å²) < 4.78 is 81.5. The Labute approximate surface area is 127 Å². The monoisotopic (exact) mass is 355 g/mol. The summed E-state index contributed by atoms with van der Waals surface area (Å²) in [7, 11) is 1.03. The highest BCUT2D eigenvalue weighted by Crippen LogP contribution is 2.36. The smallest absolute Gasteiger partial charge is 0.496 e. The Hall–Kier alpha value is -1.39. The number of hydrogen-bond donors (Lipinski definition) is 2. The molecule has 11 heteroatoms. The average molecular weight is 356 g/mol. The van der Waals surface area contributed by atoms with Crippen molar-refractivity contribution in [2.75, 3.05) is 7.11 Å². The average Bonchev–Trinajstić information content (AvgIpc) is 2.33. The third kappa shape index (κ3) is 5.43. The van der Waals surface area contributed by atoms with Crippen LogP contribution >= 0.6 is 12.4 Å². The van der Waals surface area contributed by atoms with Gasteiger partial charge in [0.2, 0.25) is 0 Å². The van der Waals surface area contributed by atoms with Gasteiger partial charge in [-0.15, -0.1) is 25.6 Å². The first kappa shape index (κ1) is 20.6. The van der Waals surface area contributed by atoms with E-state index < -0.39 is 30.4 Å². The quantitative estimate of drug-likeness (QED) is 0.815. The zero-order chi connectivity index (χ0) is 16.4. The van der Waals surface area contributed by atoms with Crippen molar-refractivity contribution < 1.29 is 40.9 Å². The number of alkyl halides is 6. The van der Waals surface area contributed by atoms with Crippen molar-refractivity contribution >= 4 is 12.4 Å². The second-order valence-corrected chi connectivity index (χ2v) is 3.96. The van der Waals surface area contributed by atoms with Gasteiger partial charge in [-0.2, -0.15) is 13.2 Å². The van der Waals surface area contributed by atoms with Gasteiger partial charge in [-0.1, -0.05) is 0 Å². The van der Waals surface area contributed by atoms with E-state index in [1.165, 1.54) is 0 Å². The molecule has 0 spiro atoms. The second-order valence-electron chi connectivity index (χ2n) is 3.96. The fraction of sp³-hybridized carbons (Fsp3) is 0.455. The number of rotatable bonds is 4. The summed E-state index contributed by atoms with van der Waals surface area (Å²) in [5.41, 5.74) is 4.96. The molecule has 2 atom stereocenters. The minimum atomic E-state index is -4.98. The summed E-state index contributed by atoms with van der Waals surface area (Å²) in [6.07, 6.45) is -12.8. The van der Waals surface area contributed by atoms with Gasteiger partial charge in [-0.25, -0.2) is 0 Å². The van der Waals surface area contributed by atoms with E-state index in [0.29, 0.717) is 0 Å². The Bertz CT molecular complexity index is 494. The Morgan fingerprint density at radius 2 is 1.68 bits per heavy atom. The molecular weight excluding hydrogens is 344 g/mol. The zero-order valence-corrected chi connectivity index (χ0v) is 11.7. The van der Waals surface area contributed by atoms with E-state index in [-0.39, 0.29) is 23.7 Å². The van der Waals surface area contributed by atoms with Crippen LogP contribution in [0.15, 0.2) is 18.2 Å². The lowest BCUT2D eigenvalue weighted by atomic mass is 10.0. The second kappa shape index (κ2) is 7.25. The Kier molecular flexibility index (Phi) is 6.79. The Balaban J connectivity index is 0.00000441. The highest BCUT2D eigenvalue weighted by molar-refractivity contribution is 5.85. The Morgan fingerprint density at radius 1 is 1.14 bits per heavy atom. The predicted molar refractivity (Wildman–Crippen MR) is 65.9 cm³/mol. The molecule has 3 N–H and O–H groups in total. The first-order valence-corrected chi connectivity index (χ1v) is 5.39. The van der Waals surface area contributed by atoms with E-state index in [9.17, 15) is 26.3 Å². The van der Waals surface area contributed by atoms with Gasteiger partial charge in [-0.05, 0) is 12.1 Å². The van der Waals surface area contributed by atoms with Crippen LogP contribution in [0.2, 0.25) is 0 Å². The molecule has 0 unspecified atom stereocenters. The normalized spacial score (nSPS) is 14.8. The minimum absolute atomic E-state index is 0. The topological polar surface area (TPSA) is 64.7 Å². The molecule has 0 bridgehead atoms. The molecule has 0 amide bonds. The number of aliphatic hydroxyl groups excluding tert-OH is 1. The summed E-state index contributed by atoms with van der Waals surface area (Å²) in [6.45, 7) is 0. The molecule has 0 heterocycles. The maximum atomic E-state index is 12.4. The van der Waals surface area contributed by atoms with E-state index in [2.05, 4.69) is 9.47 Å². The summed E-state index contributed by atoms with van der Waals surface area (Å²) in [4.78, 5) is 0. The lowest BCUT2D eigenvalue weighted by Crippen LogP contribution is -2.39. The van der Waals surface area contributed by atoms with Crippen molar-refractivity contribution in [3.63, 3.8) is 0 Å². The number of ether oxygens (including phenoxy) is 2. The van der Waals surface area contributed by atoms with E-state index in [0.717, 1.165) is 25.3 Å². The maximum absolute atomic E-state index is 12.4. The molecule has 0 aliphatic carbocycles. The van der Waals surface area contributed by atoms with Crippen LogP contribution in [-0.4, -0.2) is 30.9 Å². The van der Waals surface area contributed by atoms with Crippen molar-refractivity contribution in [2.45, 2.75) is 24.7 Å². The highest BCUT2D eigenvalue weighted by atomic mass is 35.5. The number of halogens is 7. The van der Waals surface area contributed by atoms with Crippen LogP contribution in [0.5, 0.6) is 11.5 Å². The first-order valence-electron chi connectivity index (χ1n) is 5.39. The number of benzene rings is 1. The Morgan fingerprint density at radius 3 is 2.09 bits per heavy atom. The molecule has 1 rings (SSSR count). The lowest BCUT2D eigenvalue weighted by Gasteiger charge is -2.23. The van der Waals surface area contributed by atoms with Crippen LogP contribution in [0.25, 0.3) is 0 Å². The van der Waals surface area contributed by atoms with Gasteiger partial charge in [0.15, 0.2) is 6.10 Å². The van der Waals surface area contributed by atoms with Crippen LogP contribution in [0.1, 0.15) is 11.6 Å². The molecule has 1 aromatic carbocycles. The maximum Gasteiger partial charge on any atom is 0.573 e. The van der Waals surface area contributed by atoms with Gasteiger partial charge >= 0.3 is 12.5 Å². The molecule has 0 radical (unpaired) electrons. The van der Waals surface area contributed by atoms with Crippen LogP contribution in [0.3, 0.4) is 0 Å². The third-order valence-corrected chi connectivity index (χ3v) is 2.47. The minimum Gasteiger partial charge on any atom is -0.496 e. The van der Waals surface area contributed by atoms with Gasteiger partial charge in [0, 0.05) is 11.6 Å². The van der Waals surface area contributed by atoms with Crippen molar-refractivity contribution in [1.82, 2.24) is 0 Å². The highest BCUT2D eigenvalue weighted by Gasteiger charge is 2.43. The standard InChI is InChI=1S/C11H11F6NO3.ClH/c1-20-7-4-5(21-11(15,16)17)2-3-6(7)8(18)9(19)10(12,13)14;/h2-4,8-9,19H,18H2,1H3;1H/t8-,9-;/m1./s1. The predicted octanol–water partition coefficient (Wildman–Crippen LogP) is 2.94. The first-order chi connectivity index (χ1) is 9.45. The van der Waals surface area contributed by atoms with Crippen molar-refractivity contribution in [1.29, 1.82) is 0 Å². The summed E-state index contributed by atoms with van der Waals surface area (Å²) >= 11 is 0. The molecular formula is C11H12ClF6NO3. The SMILES string of the molecule is COc1cc(OC(F)(F)F)ccc1[C@@H](N)[C@@H](O)C(F)(F)F.Cl.